The Morgan fingerprint density at radius 2 is 1.81 bits per heavy atom. The van der Waals surface area contributed by atoms with Crippen molar-refractivity contribution in [1.82, 2.24) is 0 Å². The second-order valence-corrected chi connectivity index (χ2v) is 11.3. The van der Waals surface area contributed by atoms with Crippen molar-refractivity contribution in [2.24, 2.45) is 34.5 Å². The van der Waals surface area contributed by atoms with Gasteiger partial charge in [-0.05, 0) is 87.0 Å². The van der Waals surface area contributed by atoms with Crippen molar-refractivity contribution in [3.05, 3.63) is 12.2 Å². The first kappa shape index (κ1) is 22.7. The van der Waals surface area contributed by atoms with Crippen LogP contribution in [0.15, 0.2) is 12.2 Å². The number of hydrogen-bond donors (Lipinski definition) is 0. The van der Waals surface area contributed by atoms with Gasteiger partial charge in [0.05, 0.1) is 0 Å². The van der Waals surface area contributed by atoms with Crippen LogP contribution in [0.2, 0.25) is 0 Å². The lowest BCUT2D eigenvalue weighted by atomic mass is 9.45. The number of Topliss-reactive ketones (excluding diaryl/α,β-unsaturated/α-hetero) is 1. The van der Waals surface area contributed by atoms with E-state index in [0.29, 0.717) is 42.9 Å². The van der Waals surface area contributed by atoms with Gasteiger partial charge in [0, 0.05) is 18.3 Å². The predicted octanol–water partition coefficient (Wildman–Crippen LogP) is 5.83. The molecule has 3 fully saturated rings. The summed E-state index contributed by atoms with van der Waals surface area (Å²) in [6.07, 6.45) is 13.9. The van der Waals surface area contributed by atoms with Crippen molar-refractivity contribution >= 4 is 17.5 Å². The fraction of sp³-hybridized carbons (Fsp3) is 0.815. The molecule has 3 saturated carbocycles. The highest BCUT2D eigenvalue weighted by Crippen LogP contribution is 2.68. The fourth-order valence-corrected chi connectivity index (χ4v) is 8.22. The monoisotopic (exact) mass is 428 g/mol. The Balaban J connectivity index is 1.59. The molecule has 0 radical (unpaired) electrons. The molecule has 0 bridgehead atoms. The highest BCUT2D eigenvalue weighted by atomic mass is 16.6. The Kier molecular flexibility index (Phi) is 5.98. The number of unbranched alkanes of at least 4 members (excludes halogenated alkanes) is 2. The normalized spacial score (nSPS) is 43.7. The summed E-state index contributed by atoms with van der Waals surface area (Å²) in [5.74, 6) is 2.05. The van der Waals surface area contributed by atoms with Gasteiger partial charge in [0.15, 0.2) is 17.2 Å². The zero-order valence-corrected chi connectivity index (χ0v) is 19.9. The molecular formula is C27H40O4. The maximum atomic E-state index is 13.1. The first-order chi connectivity index (χ1) is 14.7. The minimum atomic E-state index is -0.956. The third-order valence-corrected chi connectivity index (χ3v) is 10.0. The van der Waals surface area contributed by atoms with Crippen molar-refractivity contribution < 1.29 is 19.1 Å². The average molecular weight is 429 g/mol. The Morgan fingerprint density at radius 1 is 1.06 bits per heavy atom. The highest BCUT2D eigenvalue weighted by Gasteiger charge is 2.68. The summed E-state index contributed by atoms with van der Waals surface area (Å²) in [6, 6.07) is 0. The minimum Gasteiger partial charge on any atom is -0.450 e. The van der Waals surface area contributed by atoms with Gasteiger partial charge in [-0.3, -0.25) is 14.4 Å². The smallest absolute Gasteiger partial charge is 0.306 e. The molecule has 0 unspecified atom stereocenters. The van der Waals surface area contributed by atoms with E-state index < -0.39 is 5.60 Å². The van der Waals surface area contributed by atoms with E-state index >= 15 is 0 Å². The quantitative estimate of drug-likeness (QED) is 0.395. The number of carbonyl (C=O) groups is 3. The van der Waals surface area contributed by atoms with Crippen LogP contribution in [-0.2, 0) is 19.1 Å². The molecule has 4 aliphatic rings. The molecule has 4 heteroatoms. The molecule has 172 valence electrons. The molecule has 0 amide bonds. The number of hydrogen-bond acceptors (Lipinski definition) is 4. The van der Waals surface area contributed by atoms with Crippen LogP contribution in [0.3, 0.4) is 0 Å². The molecule has 4 aliphatic carbocycles. The minimum absolute atomic E-state index is 0.0304. The molecule has 31 heavy (non-hydrogen) atoms. The second kappa shape index (κ2) is 8.15. The van der Waals surface area contributed by atoms with Gasteiger partial charge in [-0.2, -0.15) is 0 Å². The Hall–Kier alpha value is -1.45. The number of allylic oxidation sites excluding steroid dienone is 2. The predicted molar refractivity (Wildman–Crippen MR) is 120 cm³/mol. The van der Waals surface area contributed by atoms with Crippen LogP contribution in [0.1, 0.15) is 98.3 Å². The molecule has 4 nitrogen and oxygen atoms in total. The summed E-state index contributed by atoms with van der Waals surface area (Å²) in [4.78, 5) is 37.8. The van der Waals surface area contributed by atoms with Gasteiger partial charge in [-0.25, -0.2) is 0 Å². The summed E-state index contributed by atoms with van der Waals surface area (Å²) < 4.78 is 6.16. The van der Waals surface area contributed by atoms with Crippen LogP contribution in [0.5, 0.6) is 0 Å². The lowest BCUT2D eigenvalue weighted by molar-refractivity contribution is -0.190. The molecule has 0 saturated heterocycles. The zero-order valence-electron chi connectivity index (χ0n) is 19.9. The van der Waals surface area contributed by atoms with Crippen LogP contribution in [0.4, 0.5) is 0 Å². The third kappa shape index (κ3) is 3.43. The Bertz CT molecular complexity index is 784. The van der Waals surface area contributed by atoms with Gasteiger partial charge in [-0.15, -0.1) is 0 Å². The topological polar surface area (TPSA) is 60.4 Å². The van der Waals surface area contributed by atoms with Crippen molar-refractivity contribution in [2.75, 3.05) is 0 Å². The van der Waals surface area contributed by atoms with E-state index in [1.165, 1.54) is 0 Å². The van der Waals surface area contributed by atoms with Gasteiger partial charge < -0.3 is 4.74 Å². The lowest BCUT2D eigenvalue weighted by Gasteiger charge is -2.59. The summed E-state index contributed by atoms with van der Waals surface area (Å²) in [5, 5.41) is 0. The van der Waals surface area contributed by atoms with E-state index in [1.54, 1.807) is 6.92 Å². The van der Waals surface area contributed by atoms with Crippen molar-refractivity contribution in [1.29, 1.82) is 0 Å². The molecule has 4 rings (SSSR count). The maximum absolute atomic E-state index is 13.1. The number of fused-ring (bicyclic) bond motifs is 5. The standard InChI is InChI=1S/C27H40O4/c1-5-6-7-8-24(30)31-27(18(2)28)16-13-23-21-10-9-19-17-20(29)11-14-25(19,3)22(21)12-15-26(23,27)4/h11,14,19,21-23H,5-10,12-13,15-17H2,1-4H3/t19-,21+,22-,23-,25-,26-,27+/m0/s1. The first-order valence-electron chi connectivity index (χ1n) is 12.6. The summed E-state index contributed by atoms with van der Waals surface area (Å²) >= 11 is 0. The second-order valence-electron chi connectivity index (χ2n) is 11.3. The van der Waals surface area contributed by atoms with Crippen LogP contribution >= 0.6 is 0 Å². The van der Waals surface area contributed by atoms with Crippen LogP contribution in [0.25, 0.3) is 0 Å². The van der Waals surface area contributed by atoms with E-state index in [4.69, 9.17) is 4.74 Å². The summed E-state index contributed by atoms with van der Waals surface area (Å²) in [6.45, 7) is 8.35. The van der Waals surface area contributed by atoms with Gasteiger partial charge >= 0.3 is 5.97 Å². The fourth-order valence-electron chi connectivity index (χ4n) is 8.22. The van der Waals surface area contributed by atoms with Gasteiger partial charge in [0.1, 0.15) is 0 Å². The highest BCUT2D eigenvalue weighted by molar-refractivity contribution is 5.91. The molecule has 0 aromatic rings. The van der Waals surface area contributed by atoms with Crippen LogP contribution < -0.4 is 0 Å². The molecular weight excluding hydrogens is 388 g/mol. The van der Waals surface area contributed by atoms with Crippen molar-refractivity contribution in [3.8, 4) is 0 Å². The molecule has 0 spiro atoms. The number of esters is 1. The average Bonchev–Trinajstić information content (AvgIpc) is 3.02. The Morgan fingerprint density at radius 3 is 2.52 bits per heavy atom. The van der Waals surface area contributed by atoms with E-state index in [0.717, 1.165) is 51.4 Å². The zero-order chi connectivity index (χ0) is 22.4. The molecule has 0 N–H and O–H groups in total. The number of ether oxygens (including phenoxy) is 1. The largest absolute Gasteiger partial charge is 0.450 e. The van der Waals surface area contributed by atoms with E-state index in [1.807, 2.05) is 6.08 Å². The SMILES string of the molecule is CCCCCC(=O)O[C@@]1(C(C)=O)CC[C@H]2[C@@H]3CC[C@H]4CC(=O)C=C[C@]4(C)[C@H]3CC[C@@]21C. The first-order valence-corrected chi connectivity index (χ1v) is 12.6. The van der Waals surface area contributed by atoms with Gasteiger partial charge in [0.25, 0.3) is 0 Å². The van der Waals surface area contributed by atoms with E-state index in [-0.39, 0.29) is 28.4 Å². The number of carbonyl (C=O) groups excluding carboxylic acids is 3. The van der Waals surface area contributed by atoms with E-state index in [2.05, 4.69) is 26.8 Å². The van der Waals surface area contributed by atoms with E-state index in [9.17, 15) is 14.4 Å². The maximum Gasteiger partial charge on any atom is 0.306 e. The summed E-state index contributed by atoms with van der Waals surface area (Å²) in [7, 11) is 0. The van der Waals surface area contributed by atoms with Gasteiger partial charge in [0.2, 0.25) is 0 Å². The molecule has 0 aromatic carbocycles. The summed E-state index contributed by atoms with van der Waals surface area (Å²) in [5.41, 5.74) is -1.16. The molecule has 0 aromatic heterocycles. The van der Waals surface area contributed by atoms with Gasteiger partial charge in [-0.1, -0.05) is 39.7 Å². The van der Waals surface area contributed by atoms with Crippen molar-refractivity contribution in [2.45, 2.75) is 104 Å². The molecule has 7 atom stereocenters. The Labute approximate surface area is 187 Å². The third-order valence-electron chi connectivity index (χ3n) is 10.0. The van der Waals surface area contributed by atoms with Crippen LogP contribution in [-0.4, -0.2) is 23.1 Å². The molecule has 0 aliphatic heterocycles. The van der Waals surface area contributed by atoms with Crippen LogP contribution in [0, 0.1) is 34.5 Å². The lowest BCUT2D eigenvalue weighted by Crippen LogP contribution is -2.59. The number of ketones is 2. The number of rotatable bonds is 6. The van der Waals surface area contributed by atoms with Crippen molar-refractivity contribution in [3.63, 3.8) is 0 Å². The molecule has 0 heterocycles.